The summed E-state index contributed by atoms with van der Waals surface area (Å²) in [4.78, 5) is 43.1. The first-order valence-corrected chi connectivity index (χ1v) is 12.5. The molecule has 196 valence electrons. The molecular formula is C30H28N6O3. The van der Waals surface area contributed by atoms with E-state index in [0.29, 0.717) is 34.5 Å². The fraction of sp³-hybridized carbons (Fsp3) is 0.100. The largest absolute Gasteiger partial charge is 0.367 e. The van der Waals surface area contributed by atoms with Crippen LogP contribution >= 0.6 is 0 Å². The van der Waals surface area contributed by atoms with Gasteiger partial charge in [-0.15, -0.1) is 0 Å². The Morgan fingerprint density at radius 2 is 1.13 bits per heavy atom. The molecule has 2 aromatic carbocycles. The van der Waals surface area contributed by atoms with Crippen LogP contribution in [0.5, 0.6) is 0 Å². The monoisotopic (exact) mass is 520 g/mol. The predicted octanol–water partition coefficient (Wildman–Crippen LogP) is 5.56. The number of benzene rings is 2. The topological polar surface area (TPSA) is 131 Å². The number of aromatic amines is 2. The van der Waals surface area contributed by atoms with Crippen LogP contribution in [0.25, 0.3) is 0 Å². The zero-order valence-electron chi connectivity index (χ0n) is 21.2. The zero-order chi connectivity index (χ0) is 27.2. The van der Waals surface area contributed by atoms with E-state index in [-0.39, 0.29) is 23.6 Å². The Morgan fingerprint density at radius 1 is 0.641 bits per heavy atom. The van der Waals surface area contributed by atoms with Crippen molar-refractivity contribution in [3.05, 3.63) is 120 Å². The molecule has 5 rings (SSSR count). The number of hydrogen-bond donors (Lipinski definition) is 6. The maximum atomic E-state index is 12.8. The Labute approximate surface area is 225 Å². The number of rotatable bonds is 8. The fourth-order valence-electron chi connectivity index (χ4n) is 4.18. The van der Waals surface area contributed by atoms with Crippen molar-refractivity contribution in [1.82, 2.24) is 15.3 Å². The Hall–Kier alpha value is -5.31. The second-order valence-corrected chi connectivity index (χ2v) is 9.26. The summed E-state index contributed by atoms with van der Waals surface area (Å²) in [6.07, 6.45) is 10.7. The summed E-state index contributed by atoms with van der Waals surface area (Å²) in [7, 11) is 0. The molecule has 9 nitrogen and oxygen atoms in total. The minimum absolute atomic E-state index is 0.00132. The summed E-state index contributed by atoms with van der Waals surface area (Å²) >= 11 is 0. The summed E-state index contributed by atoms with van der Waals surface area (Å²) in [5.41, 5.74) is 5.64. The molecule has 1 aliphatic rings. The van der Waals surface area contributed by atoms with E-state index in [1.165, 1.54) is 0 Å². The van der Waals surface area contributed by atoms with Crippen LogP contribution in [0.4, 0.5) is 22.7 Å². The molecule has 0 bridgehead atoms. The molecule has 6 N–H and O–H groups in total. The molecule has 1 aliphatic carbocycles. The molecule has 0 saturated carbocycles. The molecule has 0 fully saturated rings. The number of hydrogen-bond acceptors (Lipinski definition) is 4. The number of nitrogens with one attached hydrogen (secondary N) is 6. The Morgan fingerprint density at radius 3 is 1.62 bits per heavy atom. The number of allylic oxidation sites excluding steroid dienone is 3. The maximum absolute atomic E-state index is 12.8. The normalized spacial score (nSPS) is 14.5. The second-order valence-electron chi connectivity index (χ2n) is 9.26. The third-order valence-corrected chi connectivity index (χ3v) is 6.37. The summed E-state index contributed by atoms with van der Waals surface area (Å²) in [6.45, 7) is 1.98. The van der Waals surface area contributed by atoms with E-state index in [1.54, 1.807) is 49.1 Å². The van der Waals surface area contributed by atoms with Crippen molar-refractivity contribution in [2.45, 2.75) is 13.3 Å². The third kappa shape index (κ3) is 6.34. The van der Waals surface area contributed by atoms with Crippen LogP contribution in [0.3, 0.4) is 0 Å². The van der Waals surface area contributed by atoms with Gasteiger partial charge in [-0.3, -0.25) is 14.4 Å². The molecule has 4 aromatic rings. The van der Waals surface area contributed by atoms with Crippen molar-refractivity contribution in [3.8, 4) is 0 Å². The highest BCUT2D eigenvalue weighted by Crippen LogP contribution is 2.26. The van der Waals surface area contributed by atoms with Gasteiger partial charge in [0.1, 0.15) is 0 Å². The van der Waals surface area contributed by atoms with E-state index >= 15 is 0 Å². The highest BCUT2D eigenvalue weighted by molar-refractivity contribution is 6.05. The Kier molecular flexibility index (Phi) is 7.40. The highest BCUT2D eigenvalue weighted by Gasteiger charge is 2.21. The van der Waals surface area contributed by atoms with Crippen LogP contribution in [-0.4, -0.2) is 27.7 Å². The molecule has 1 atom stereocenters. The maximum Gasteiger partial charge on any atom is 0.257 e. The van der Waals surface area contributed by atoms with Gasteiger partial charge in [-0.25, -0.2) is 0 Å². The van der Waals surface area contributed by atoms with Crippen LogP contribution < -0.4 is 21.3 Å². The first-order valence-electron chi connectivity index (χ1n) is 12.5. The number of H-pyrrole nitrogens is 2. The van der Waals surface area contributed by atoms with Crippen molar-refractivity contribution in [2.24, 2.45) is 5.92 Å². The van der Waals surface area contributed by atoms with Crippen molar-refractivity contribution < 1.29 is 14.4 Å². The van der Waals surface area contributed by atoms with Gasteiger partial charge in [-0.05, 0) is 73.2 Å². The van der Waals surface area contributed by atoms with Gasteiger partial charge in [0.05, 0.1) is 11.1 Å². The average Bonchev–Trinajstić information content (AvgIpc) is 3.67. The van der Waals surface area contributed by atoms with Gasteiger partial charge in [0, 0.05) is 64.7 Å². The number of aromatic nitrogens is 2. The summed E-state index contributed by atoms with van der Waals surface area (Å²) < 4.78 is 0. The Balaban J connectivity index is 1.14. The quantitative estimate of drug-likeness (QED) is 0.182. The molecule has 0 radical (unpaired) electrons. The molecule has 3 amide bonds. The molecule has 1 unspecified atom stereocenters. The first-order chi connectivity index (χ1) is 18.9. The summed E-state index contributed by atoms with van der Waals surface area (Å²) in [5, 5.41) is 12.0. The van der Waals surface area contributed by atoms with Crippen molar-refractivity contribution >= 4 is 40.5 Å². The van der Waals surface area contributed by atoms with Crippen LogP contribution in [0.2, 0.25) is 0 Å². The zero-order valence-corrected chi connectivity index (χ0v) is 21.2. The smallest absolute Gasteiger partial charge is 0.257 e. The summed E-state index contributed by atoms with van der Waals surface area (Å²) in [6, 6.07) is 18.2. The third-order valence-electron chi connectivity index (χ3n) is 6.37. The molecule has 9 heteroatoms. The van der Waals surface area contributed by atoms with Crippen molar-refractivity contribution in [3.63, 3.8) is 0 Å². The standard InChI is InChI=1S/C30H28N6O3/c1-19-16-20(2-11-27(19)36-30(39)22-13-15-32-18-22)28(37)34-25-7-3-23(4-8-25)33-24-5-9-26(10-6-24)35-29(38)21-12-14-31-17-21/h2-15,17-19,31-33H,16H2,1H3,(H,34,37)(H,35,38)(H,36,39). The van der Waals surface area contributed by atoms with E-state index < -0.39 is 0 Å². The SMILES string of the molecule is CC1CC(C(=O)Nc2ccc(Nc3ccc(NC(=O)c4cc[nH]c4)cc3)cc2)=CC=C1NC(=O)c1cc[nH]c1. The van der Waals surface area contributed by atoms with E-state index in [0.717, 1.165) is 17.1 Å². The molecule has 0 saturated heterocycles. The number of carbonyl (C=O) groups excluding carboxylic acids is 3. The summed E-state index contributed by atoms with van der Waals surface area (Å²) in [5.74, 6) is -0.533. The van der Waals surface area contributed by atoms with Crippen molar-refractivity contribution in [1.29, 1.82) is 0 Å². The lowest BCUT2D eigenvalue weighted by atomic mass is 9.92. The molecule has 39 heavy (non-hydrogen) atoms. The van der Waals surface area contributed by atoms with Gasteiger partial charge >= 0.3 is 0 Å². The highest BCUT2D eigenvalue weighted by atomic mass is 16.2. The average molecular weight is 521 g/mol. The van der Waals surface area contributed by atoms with E-state index in [2.05, 4.69) is 31.2 Å². The van der Waals surface area contributed by atoms with Crippen LogP contribution in [0.1, 0.15) is 34.1 Å². The first kappa shape index (κ1) is 25.3. The lowest BCUT2D eigenvalue weighted by Crippen LogP contribution is -2.28. The predicted molar refractivity (Wildman–Crippen MR) is 152 cm³/mol. The fourth-order valence-corrected chi connectivity index (χ4v) is 4.18. The van der Waals surface area contributed by atoms with Gasteiger partial charge in [-0.2, -0.15) is 0 Å². The van der Waals surface area contributed by atoms with Crippen LogP contribution in [0, 0.1) is 5.92 Å². The van der Waals surface area contributed by atoms with Crippen LogP contribution in [-0.2, 0) is 4.79 Å². The van der Waals surface area contributed by atoms with Gasteiger partial charge < -0.3 is 31.2 Å². The lowest BCUT2D eigenvalue weighted by molar-refractivity contribution is -0.113. The van der Waals surface area contributed by atoms with Crippen LogP contribution in [0.15, 0.2) is 109 Å². The molecule has 0 aliphatic heterocycles. The number of carbonyl (C=O) groups is 3. The van der Waals surface area contributed by atoms with Gasteiger partial charge in [0.15, 0.2) is 0 Å². The Bertz CT molecular complexity index is 1520. The second kappa shape index (κ2) is 11.4. The lowest BCUT2D eigenvalue weighted by Gasteiger charge is -2.22. The van der Waals surface area contributed by atoms with Gasteiger partial charge in [0.2, 0.25) is 0 Å². The molecular weight excluding hydrogens is 492 g/mol. The van der Waals surface area contributed by atoms with E-state index in [1.807, 2.05) is 55.5 Å². The molecule has 0 spiro atoms. The van der Waals surface area contributed by atoms with Gasteiger partial charge in [0.25, 0.3) is 17.7 Å². The van der Waals surface area contributed by atoms with Gasteiger partial charge in [-0.1, -0.05) is 13.0 Å². The number of anilines is 4. The minimum Gasteiger partial charge on any atom is -0.367 e. The number of amides is 3. The van der Waals surface area contributed by atoms with Crippen molar-refractivity contribution in [2.75, 3.05) is 16.0 Å². The molecule has 2 heterocycles. The molecule has 2 aromatic heterocycles. The minimum atomic E-state index is -0.181. The van der Waals surface area contributed by atoms with E-state index in [9.17, 15) is 14.4 Å². The van der Waals surface area contributed by atoms with E-state index in [4.69, 9.17) is 0 Å².